The van der Waals surface area contributed by atoms with Crippen molar-refractivity contribution in [3.8, 4) is 5.75 Å². The number of ether oxygens (including phenoxy) is 1. The van der Waals surface area contributed by atoms with E-state index in [1.54, 1.807) is 6.20 Å². The molecule has 132 valence electrons. The Bertz CT molecular complexity index is 727. The SMILES string of the molecule is Cc1cncc(C2CCN(Cc3ccccc3OCC(=O)O)CC2)n1. The number of carbonyl (C=O) groups is 1. The van der Waals surface area contributed by atoms with Crippen LogP contribution in [0.4, 0.5) is 0 Å². The standard InChI is InChI=1S/C19H23N3O3/c1-14-10-20-11-17(21-14)15-6-8-22(9-7-15)12-16-4-2-3-5-18(16)25-13-19(23)24/h2-5,10-11,15H,6-9,12-13H2,1H3,(H,23,24). The van der Waals surface area contributed by atoms with Gasteiger partial charge in [-0.1, -0.05) is 18.2 Å². The summed E-state index contributed by atoms with van der Waals surface area (Å²) in [5.41, 5.74) is 3.08. The maximum atomic E-state index is 10.7. The lowest BCUT2D eigenvalue weighted by atomic mass is 9.93. The van der Waals surface area contributed by atoms with E-state index in [1.165, 1.54) is 0 Å². The summed E-state index contributed by atoms with van der Waals surface area (Å²) < 4.78 is 5.40. The highest BCUT2D eigenvalue weighted by Gasteiger charge is 2.22. The summed E-state index contributed by atoms with van der Waals surface area (Å²) in [6, 6.07) is 7.64. The number of hydrogen-bond acceptors (Lipinski definition) is 5. The second-order valence-electron chi connectivity index (χ2n) is 6.43. The Morgan fingerprint density at radius 2 is 2.04 bits per heavy atom. The lowest BCUT2D eigenvalue weighted by Crippen LogP contribution is -2.33. The van der Waals surface area contributed by atoms with Gasteiger partial charge in [-0.2, -0.15) is 0 Å². The number of benzene rings is 1. The molecule has 1 aromatic heterocycles. The van der Waals surface area contributed by atoms with Gasteiger partial charge in [-0.05, 0) is 38.9 Å². The van der Waals surface area contributed by atoms with Gasteiger partial charge in [0.25, 0.3) is 0 Å². The van der Waals surface area contributed by atoms with Gasteiger partial charge in [0.2, 0.25) is 0 Å². The van der Waals surface area contributed by atoms with E-state index in [2.05, 4.69) is 14.9 Å². The number of aromatic nitrogens is 2. The molecular weight excluding hydrogens is 318 g/mol. The van der Waals surface area contributed by atoms with Crippen LogP contribution in [-0.2, 0) is 11.3 Å². The number of nitrogens with zero attached hydrogens (tertiary/aromatic N) is 3. The Labute approximate surface area is 147 Å². The predicted octanol–water partition coefficient (Wildman–Crippen LogP) is 2.63. The molecule has 1 aromatic carbocycles. The van der Waals surface area contributed by atoms with E-state index < -0.39 is 5.97 Å². The van der Waals surface area contributed by atoms with E-state index in [1.807, 2.05) is 37.4 Å². The molecule has 2 aromatic rings. The van der Waals surface area contributed by atoms with E-state index in [0.717, 1.165) is 49.4 Å². The highest BCUT2D eigenvalue weighted by Crippen LogP contribution is 2.28. The van der Waals surface area contributed by atoms with Crippen molar-refractivity contribution in [2.24, 2.45) is 0 Å². The molecule has 0 atom stereocenters. The van der Waals surface area contributed by atoms with E-state index in [4.69, 9.17) is 9.84 Å². The first-order valence-electron chi connectivity index (χ1n) is 8.55. The van der Waals surface area contributed by atoms with E-state index in [-0.39, 0.29) is 6.61 Å². The average molecular weight is 341 g/mol. The molecule has 1 fully saturated rings. The minimum absolute atomic E-state index is 0.314. The van der Waals surface area contributed by atoms with Gasteiger partial charge in [0.15, 0.2) is 6.61 Å². The molecule has 0 unspecified atom stereocenters. The molecule has 0 amide bonds. The molecule has 0 saturated carbocycles. The quantitative estimate of drug-likeness (QED) is 0.870. The van der Waals surface area contributed by atoms with E-state index >= 15 is 0 Å². The van der Waals surface area contributed by atoms with Crippen LogP contribution in [0, 0.1) is 6.92 Å². The van der Waals surface area contributed by atoms with Gasteiger partial charge in [0, 0.05) is 30.4 Å². The van der Waals surface area contributed by atoms with E-state index in [9.17, 15) is 4.79 Å². The third-order valence-corrected chi connectivity index (χ3v) is 4.50. The molecule has 3 rings (SSSR count). The van der Waals surface area contributed by atoms with Crippen molar-refractivity contribution in [3.05, 3.63) is 53.6 Å². The van der Waals surface area contributed by atoms with Gasteiger partial charge in [0.05, 0.1) is 11.4 Å². The molecule has 0 radical (unpaired) electrons. The predicted molar refractivity (Wildman–Crippen MR) is 93.6 cm³/mol. The van der Waals surface area contributed by atoms with Crippen LogP contribution in [0.15, 0.2) is 36.7 Å². The molecule has 1 aliphatic heterocycles. The number of aryl methyl sites for hydroxylation is 1. The van der Waals surface area contributed by atoms with Crippen molar-refractivity contribution in [2.75, 3.05) is 19.7 Å². The first-order chi connectivity index (χ1) is 12.1. The number of aliphatic carboxylic acids is 1. The lowest BCUT2D eigenvalue weighted by molar-refractivity contribution is -0.139. The number of likely N-dealkylation sites (tertiary alicyclic amines) is 1. The minimum atomic E-state index is -0.963. The van der Waals surface area contributed by atoms with Crippen LogP contribution in [0.1, 0.15) is 35.7 Å². The van der Waals surface area contributed by atoms with Crippen molar-refractivity contribution in [1.29, 1.82) is 0 Å². The maximum Gasteiger partial charge on any atom is 0.341 e. The minimum Gasteiger partial charge on any atom is -0.482 e. The zero-order valence-electron chi connectivity index (χ0n) is 14.4. The molecule has 1 saturated heterocycles. The summed E-state index contributed by atoms with van der Waals surface area (Å²) in [6.45, 7) is 4.38. The van der Waals surface area contributed by atoms with Crippen LogP contribution < -0.4 is 4.74 Å². The Morgan fingerprint density at radius 3 is 2.76 bits per heavy atom. The molecule has 6 nitrogen and oxygen atoms in total. The molecule has 0 bridgehead atoms. The first kappa shape index (κ1) is 17.4. The van der Waals surface area contributed by atoms with Gasteiger partial charge in [-0.25, -0.2) is 4.79 Å². The molecule has 0 aliphatic carbocycles. The van der Waals surface area contributed by atoms with Crippen LogP contribution in [0.2, 0.25) is 0 Å². The molecule has 6 heteroatoms. The number of hydrogen-bond donors (Lipinski definition) is 1. The van der Waals surface area contributed by atoms with Crippen LogP contribution >= 0.6 is 0 Å². The van der Waals surface area contributed by atoms with E-state index in [0.29, 0.717) is 11.7 Å². The number of para-hydroxylation sites is 1. The van der Waals surface area contributed by atoms with Gasteiger partial charge < -0.3 is 9.84 Å². The maximum absolute atomic E-state index is 10.7. The summed E-state index contributed by atoms with van der Waals surface area (Å²) in [6.07, 6.45) is 5.77. The third kappa shape index (κ3) is 4.76. The number of carboxylic acid groups (broad SMARTS) is 1. The Kier molecular flexibility index (Phi) is 5.60. The monoisotopic (exact) mass is 341 g/mol. The summed E-state index contributed by atoms with van der Waals surface area (Å²) in [7, 11) is 0. The van der Waals surface area contributed by atoms with Crippen LogP contribution in [0.3, 0.4) is 0 Å². The summed E-state index contributed by atoms with van der Waals surface area (Å²) in [4.78, 5) is 22.0. The smallest absolute Gasteiger partial charge is 0.341 e. The van der Waals surface area contributed by atoms with Crippen LogP contribution in [0.25, 0.3) is 0 Å². The Hall–Kier alpha value is -2.47. The largest absolute Gasteiger partial charge is 0.482 e. The number of piperidine rings is 1. The normalized spacial score (nSPS) is 15.9. The lowest BCUT2D eigenvalue weighted by Gasteiger charge is -2.32. The first-order valence-corrected chi connectivity index (χ1v) is 8.55. The van der Waals surface area contributed by atoms with Crippen molar-refractivity contribution in [2.45, 2.75) is 32.2 Å². The van der Waals surface area contributed by atoms with Crippen molar-refractivity contribution in [3.63, 3.8) is 0 Å². The zero-order chi connectivity index (χ0) is 17.6. The van der Waals surface area contributed by atoms with Gasteiger partial charge in [0.1, 0.15) is 5.75 Å². The number of carboxylic acids is 1. The Balaban J connectivity index is 1.58. The fourth-order valence-electron chi connectivity index (χ4n) is 3.22. The second-order valence-corrected chi connectivity index (χ2v) is 6.43. The van der Waals surface area contributed by atoms with Gasteiger partial charge >= 0.3 is 5.97 Å². The molecular formula is C19H23N3O3. The fraction of sp³-hybridized carbons (Fsp3) is 0.421. The zero-order valence-corrected chi connectivity index (χ0v) is 14.4. The average Bonchev–Trinajstić information content (AvgIpc) is 2.61. The molecule has 1 N–H and O–H groups in total. The summed E-state index contributed by atoms with van der Waals surface area (Å²) >= 11 is 0. The van der Waals surface area contributed by atoms with Crippen molar-refractivity contribution in [1.82, 2.24) is 14.9 Å². The van der Waals surface area contributed by atoms with Gasteiger partial charge in [-0.15, -0.1) is 0 Å². The fourth-order valence-corrected chi connectivity index (χ4v) is 3.22. The highest BCUT2D eigenvalue weighted by molar-refractivity contribution is 5.68. The molecule has 1 aliphatic rings. The number of rotatable bonds is 6. The topological polar surface area (TPSA) is 75.6 Å². The van der Waals surface area contributed by atoms with Crippen LogP contribution in [0.5, 0.6) is 5.75 Å². The van der Waals surface area contributed by atoms with Crippen molar-refractivity contribution >= 4 is 5.97 Å². The van der Waals surface area contributed by atoms with Crippen molar-refractivity contribution < 1.29 is 14.6 Å². The third-order valence-electron chi connectivity index (χ3n) is 4.50. The second kappa shape index (κ2) is 8.07. The highest BCUT2D eigenvalue weighted by atomic mass is 16.5. The van der Waals surface area contributed by atoms with Crippen LogP contribution in [-0.4, -0.2) is 45.6 Å². The summed E-state index contributed by atoms with van der Waals surface area (Å²) in [5, 5.41) is 8.80. The molecule has 2 heterocycles. The Morgan fingerprint density at radius 1 is 1.28 bits per heavy atom. The summed E-state index contributed by atoms with van der Waals surface area (Å²) in [5.74, 6) is 0.147. The molecule has 25 heavy (non-hydrogen) atoms. The molecule has 0 spiro atoms. The van der Waals surface area contributed by atoms with Gasteiger partial charge in [-0.3, -0.25) is 14.9 Å².